The molecule has 4 nitrogen and oxygen atoms in total. The average Bonchev–Trinajstić information content (AvgIpc) is 2.87. The summed E-state index contributed by atoms with van der Waals surface area (Å²) in [5, 5.41) is 9.61. The van der Waals surface area contributed by atoms with Crippen molar-refractivity contribution in [1.82, 2.24) is 4.90 Å². The lowest BCUT2D eigenvalue weighted by Crippen LogP contribution is -2.44. The van der Waals surface area contributed by atoms with Crippen LogP contribution in [0.5, 0.6) is 0 Å². The Morgan fingerprint density at radius 2 is 2.16 bits per heavy atom. The largest absolute Gasteiger partial charge is 0.481 e. The second kappa shape index (κ2) is 5.72. The van der Waals surface area contributed by atoms with Crippen LogP contribution < -0.4 is 0 Å². The molecule has 1 N–H and O–H groups in total. The van der Waals surface area contributed by atoms with Gasteiger partial charge in [0.1, 0.15) is 5.41 Å². The van der Waals surface area contributed by atoms with Crippen molar-refractivity contribution in [2.75, 3.05) is 26.7 Å². The summed E-state index contributed by atoms with van der Waals surface area (Å²) in [6.45, 7) is 4.03. The normalized spacial score (nSPS) is 23.2. The van der Waals surface area contributed by atoms with E-state index < -0.39 is 11.4 Å². The molecule has 0 spiro atoms. The number of nitrogens with zero attached hydrogens (tertiary/aromatic N) is 1. The van der Waals surface area contributed by atoms with Gasteiger partial charge in [-0.15, -0.1) is 0 Å². The number of hydrogen-bond donors (Lipinski definition) is 1. The number of carbonyl (C=O) groups is 1. The van der Waals surface area contributed by atoms with Gasteiger partial charge in [0.25, 0.3) is 0 Å². The third kappa shape index (κ3) is 2.96. The first-order chi connectivity index (χ1) is 9.06. The fourth-order valence-corrected chi connectivity index (χ4v) is 2.67. The zero-order chi connectivity index (χ0) is 13.9. The summed E-state index contributed by atoms with van der Waals surface area (Å²) in [6.07, 6.45) is 1.20. The highest BCUT2D eigenvalue weighted by Gasteiger charge is 2.38. The van der Waals surface area contributed by atoms with Crippen LogP contribution in [-0.2, 0) is 14.9 Å². The molecule has 0 aromatic heterocycles. The maximum Gasteiger partial charge on any atom is 0.315 e. The van der Waals surface area contributed by atoms with Gasteiger partial charge in [-0.25, -0.2) is 0 Å². The quantitative estimate of drug-likeness (QED) is 0.879. The lowest BCUT2D eigenvalue weighted by molar-refractivity contribution is -0.144. The number of likely N-dealkylation sites (tertiary alicyclic amines) is 1. The number of ether oxygens (including phenoxy) is 1. The molecule has 2 atom stereocenters. The van der Waals surface area contributed by atoms with E-state index in [2.05, 4.69) is 4.90 Å². The van der Waals surface area contributed by atoms with Crippen molar-refractivity contribution < 1.29 is 14.6 Å². The van der Waals surface area contributed by atoms with Gasteiger partial charge in [-0.1, -0.05) is 30.3 Å². The molecule has 1 aliphatic heterocycles. The number of carboxylic acids is 1. The third-order valence-corrected chi connectivity index (χ3v) is 3.99. The van der Waals surface area contributed by atoms with E-state index in [0.717, 1.165) is 25.1 Å². The number of methoxy groups -OCH3 is 1. The first-order valence-corrected chi connectivity index (χ1v) is 6.60. The Hall–Kier alpha value is -1.39. The van der Waals surface area contributed by atoms with E-state index >= 15 is 0 Å². The number of hydrogen-bond acceptors (Lipinski definition) is 3. The standard InChI is InChI=1S/C15H21NO3/c1-15(14(17)18,12-6-4-3-5-7-12)11-16-9-8-13(10-16)19-2/h3-7,13H,8-11H2,1-2H3,(H,17,18). The van der Waals surface area contributed by atoms with Crippen molar-refractivity contribution in [1.29, 1.82) is 0 Å². The molecule has 104 valence electrons. The van der Waals surface area contributed by atoms with Crippen molar-refractivity contribution in [3.05, 3.63) is 35.9 Å². The summed E-state index contributed by atoms with van der Waals surface area (Å²) >= 11 is 0. The summed E-state index contributed by atoms with van der Waals surface area (Å²) in [7, 11) is 1.71. The van der Waals surface area contributed by atoms with Crippen molar-refractivity contribution in [2.24, 2.45) is 0 Å². The molecule has 1 fully saturated rings. The minimum absolute atomic E-state index is 0.230. The van der Waals surface area contributed by atoms with Crippen molar-refractivity contribution in [2.45, 2.75) is 24.9 Å². The Morgan fingerprint density at radius 3 is 2.68 bits per heavy atom. The van der Waals surface area contributed by atoms with Gasteiger partial charge in [-0.05, 0) is 18.9 Å². The van der Waals surface area contributed by atoms with Gasteiger partial charge in [0.05, 0.1) is 6.10 Å². The number of carboxylic acid groups (broad SMARTS) is 1. The number of rotatable bonds is 5. The molecular formula is C15H21NO3. The number of aliphatic carboxylic acids is 1. The predicted octanol–water partition coefficient (Wildman–Crippen LogP) is 1.75. The van der Waals surface area contributed by atoms with Gasteiger partial charge in [0, 0.05) is 26.7 Å². The Morgan fingerprint density at radius 1 is 1.47 bits per heavy atom. The maximum absolute atomic E-state index is 11.7. The minimum atomic E-state index is -0.871. The molecule has 1 saturated heterocycles. The van der Waals surface area contributed by atoms with Gasteiger partial charge in [-0.2, -0.15) is 0 Å². The first kappa shape index (κ1) is 14.0. The molecule has 0 aliphatic carbocycles. The third-order valence-electron chi connectivity index (χ3n) is 3.99. The van der Waals surface area contributed by atoms with E-state index in [9.17, 15) is 9.90 Å². The Labute approximate surface area is 114 Å². The summed E-state index contributed by atoms with van der Waals surface area (Å²) < 4.78 is 5.33. The first-order valence-electron chi connectivity index (χ1n) is 6.60. The van der Waals surface area contributed by atoms with Gasteiger partial charge in [0.15, 0.2) is 0 Å². The van der Waals surface area contributed by atoms with Crippen molar-refractivity contribution in [3.63, 3.8) is 0 Å². The monoisotopic (exact) mass is 263 g/mol. The molecule has 1 aliphatic rings. The zero-order valence-corrected chi connectivity index (χ0v) is 11.5. The van der Waals surface area contributed by atoms with E-state index in [4.69, 9.17) is 4.74 Å². The summed E-state index contributed by atoms with van der Waals surface area (Å²) in [5.41, 5.74) is -0.0208. The van der Waals surface area contributed by atoms with Crippen LogP contribution in [0.1, 0.15) is 18.9 Å². The smallest absolute Gasteiger partial charge is 0.315 e. The fraction of sp³-hybridized carbons (Fsp3) is 0.533. The number of benzene rings is 1. The van der Waals surface area contributed by atoms with Gasteiger partial charge in [-0.3, -0.25) is 9.69 Å². The Bertz CT molecular complexity index is 434. The van der Waals surface area contributed by atoms with Crippen LogP contribution in [-0.4, -0.2) is 48.8 Å². The molecule has 2 unspecified atom stereocenters. The molecular weight excluding hydrogens is 242 g/mol. The maximum atomic E-state index is 11.7. The summed E-state index contributed by atoms with van der Waals surface area (Å²) in [5.74, 6) is -0.778. The fourth-order valence-electron chi connectivity index (χ4n) is 2.67. The SMILES string of the molecule is COC1CCN(CC(C)(C(=O)O)c2ccccc2)C1. The van der Waals surface area contributed by atoms with Crippen molar-refractivity contribution in [3.8, 4) is 0 Å². The van der Waals surface area contributed by atoms with E-state index in [-0.39, 0.29) is 6.10 Å². The van der Waals surface area contributed by atoms with Crippen molar-refractivity contribution >= 4 is 5.97 Å². The summed E-state index contributed by atoms with van der Waals surface area (Å²) in [4.78, 5) is 13.9. The van der Waals surface area contributed by atoms with Crippen LogP contribution in [0.2, 0.25) is 0 Å². The molecule has 1 aromatic rings. The van der Waals surface area contributed by atoms with Gasteiger partial charge >= 0.3 is 5.97 Å². The molecule has 0 saturated carbocycles. The van der Waals surface area contributed by atoms with Crippen LogP contribution in [0.3, 0.4) is 0 Å². The Kier molecular flexibility index (Phi) is 4.22. The molecule has 4 heteroatoms. The van der Waals surface area contributed by atoms with Crippen LogP contribution >= 0.6 is 0 Å². The average molecular weight is 263 g/mol. The molecule has 0 radical (unpaired) electrons. The lowest BCUT2D eigenvalue weighted by Gasteiger charge is -2.30. The van der Waals surface area contributed by atoms with Gasteiger partial charge < -0.3 is 9.84 Å². The highest BCUT2D eigenvalue weighted by atomic mass is 16.5. The van der Waals surface area contributed by atoms with E-state index in [1.165, 1.54) is 0 Å². The molecule has 0 amide bonds. The predicted molar refractivity (Wildman–Crippen MR) is 73.3 cm³/mol. The second-order valence-corrected chi connectivity index (χ2v) is 5.38. The highest BCUT2D eigenvalue weighted by Crippen LogP contribution is 2.27. The highest BCUT2D eigenvalue weighted by molar-refractivity contribution is 5.81. The molecule has 0 bridgehead atoms. The van der Waals surface area contributed by atoms with Crippen LogP contribution in [0, 0.1) is 0 Å². The molecule has 1 heterocycles. The summed E-state index contributed by atoms with van der Waals surface area (Å²) in [6, 6.07) is 9.45. The second-order valence-electron chi connectivity index (χ2n) is 5.38. The molecule has 2 rings (SSSR count). The molecule has 1 aromatic carbocycles. The zero-order valence-electron chi connectivity index (χ0n) is 11.5. The van der Waals surface area contributed by atoms with Crippen LogP contribution in [0.4, 0.5) is 0 Å². The molecule has 19 heavy (non-hydrogen) atoms. The Balaban J connectivity index is 2.15. The minimum Gasteiger partial charge on any atom is -0.481 e. The van der Waals surface area contributed by atoms with Crippen LogP contribution in [0.15, 0.2) is 30.3 Å². The van der Waals surface area contributed by atoms with Crippen LogP contribution in [0.25, 0.3) is 0 Å². The van der Waals surface area contributed by atoms with E-state index in [1.54, 1.807) is 14.0 Å². The van der Waals surface area contributed by atoms with E-state index in [1.807, 2.05) is 30.3 Å². The lowest BCUT2D eigenvalue weighted by atomic mass is 9.82. The van der Waals surface area contributed by atoms with E-state index in [0.29, 0.717) is 6.54 Å². The van der Waals surface area contributed by atoms with Gasteiger partial charge in [0.2, 0.25) is 0 Å². The topological polar surface area (TPSA) is 49.8 Å².